The number of nitrogens with one attached hydrogen (secondary N) is 1. The SMILES string of the molecule is O=C(CS(=O)CCCO)Nc1cccc(Cl)c1. The van der Waals surface area contributed by atoms with E-state index in [1.165, 1.54) is 0 Å². The van der Waals surface area contributed by atoms with Crippen LogP contribution in [0.15, 0.2) is 24.3 Å². The van der Waals surface area contributed by atoms with Crippen molar-refractivity contribution >= 4 is 34.0 Å². The molecule has 0 radical (unpaired) electrons. The highest BCUT2D eigenvalue weighted by atomic mass is 35.5. The molecule has 1 aromatic rings. The van der Waals surface area contributed by atoms with Crippen LogP contribution in [0.4, 0.5) is 5.69 Å². The van der Waals surface area contributed by atoms with Gasteiger partial charge in [-0.05, 0) is 24.6 Å². The van der Waals surface area contributed by atoms with Gasteiger partial charge < -0.3 is 10.4 Å². The Morgan fingerprint density at radius 1 is 1.47 bits per heavy atom. The van der Waals surface area contributed by atoms with Crippen LogP contribution in [0, 0.1) is 0 Å². The Bertz CT molecular complexity index is 411. The second-order valence-electron chi connectivity index (χ2n) is 3.42. The molecule has 0 fully saturated rings. The van der Waals surface area contributed by atoms with E-state index < -0.39 is 10.8 Å². The molecule has 1 rings (SSSR count). The molecule has 0 spiro atoms. The molecule has 0 saturated heterocycles. The smallest absolute Gasteiger partial charge is 0.236 e. The van der Waals surface area contributed by atoms with Crippen molar-refractivity contribution in [2.75, 3.05) is 23.4 Å². The van der Waals surface area contributed by atoms with Crippen LogP contribution in [0.5, 0.6) is 0 Å². The number of carbonyl (C=O) groups is 1. The van der Waals surface area contributed by atoms with Crippen molar-refractivity contribution in [3.8, 4) is 0 Å². The lowest BCUT2D eigenvalue weighted by atomic mass is 10.3. The standard InChI is InChI=1S/C11H14ClNO3S/c12-9-3-1-4-10(7-9)13-11(15)8-17(16)6-2-5-14/h1,3-4,7,14H,2,5-6,8H2,(H,13,15). The first-order valence-corrected chi connectivity index (χ1v) is 6.99. The van der Waals surface area contributed by atoms with Gasteiger partial charge in [-0.15, -0.1) is 0 Å². The normalized spacial score (nSPS) is 12.1. The molecule has 0 saturated carbocycles. The number of halogens is 1. The number of hydrogen-bond acceptors (Lipinski definition) is 3. The van der Waals surface area contributed by atoms with E-state index in [1.807, 2.05) is 0 Å². The zero-order chi connectivity index (χ0) is 12.7. The van der Waals surface area contributed by atoms with Gasteiger partial charge >= 0.3 is 0 Å². The third-order valence-electron chi connectivity index (χ3n) is 1.93. The quantitative estimate of drug-likeness (QED) is 0.825. The first-order chi connectivity index (χ1) is 8.11. The summed E-state index contributed by atoms with van der Waals surface area (Å²) in [6.07, 6.45) is 0.442. The largest absolute Gasteiger partial charge is 0.396 e. The summed E-state index contributed by atoms with van der Waals surface area (Å²) in [4.78, 5) is 11.5. The van der Waals surface area contributed by atoms with E-state index >= 15 is 0 Å². The van der Waals surface area contributed by atoms with Gasteiger partial charge in [-0.3, -0.25) is 9.00 Å². The Hall–Kier alpha value is -0.910. The summed E-state index contributed by atoms with van der Waals surface area (Å²) in [6, 6.07) is 6.76. The van der Waals surface area contributed by atoms with E-state index in [0.29, 0.717) is 22.9 Å². The Morgan fingerprint density at radius 3 is 2.88 bits per heavy atom. The molecule has 6 heteroatoms. The number of benzene rings is 1. The monoisotopic (exact) mass is 275 g/mol. The van der Waals surface area contributed by atoms with Crippen molar-refractivity contribution in [3.05, 3.63) is 29.3 Å². The molecule has 94 valence electrons. The Balaban J connectivity index is 2.42. The van der Waals surface area contributed by atoms with E-state index in [2.05, 4.69) is 5.32 Å². The molecular formula is C11H14ClNO3S. The van der Waals surface area contributed by atoms with E-state index in [-0.39, 0.29) is 18.3 Å². The topological polar surface area (TPSA) is 66.4 Å². The summed E-state index contributed by atoms with van der Waals surface area (Å²) < 4.78 is 11.4. The average Bonchev–Trinajstić information content (AvgIpc) is 2.26. The minimum absolute atomic E-state index is 0.0122. The molecule has 1 atom stereocenters. The van der Waals surface area contributed by atoms with Crippen molar-refractivity contribution in [2.45, 2.75) is 6.42 Å². The lowest BCUT2D eigenvalue weighted by Crippen LogP contribution is -2.21. The van der Waals surface area contributed by atoms with Gasteiger partial charge in [-0.1, -0.05) is 17.7 Å². The number of amides is 1. The summed E-state index contributed by atoms with van der Waals surface area (Å²) in [5.41, 5.74) is 0.585. The average molecular weight is 276 g/mol. The van der Waals surface area contributed by atoms with E-state index in [4.69, 9.17) is 16.7 Å². The summed E-state index contributed by atoms with van der Waals surface area (Å²) in [7, 11) is -1.23. The van der Waals surface area contributed by atoms with Gasteiger partial charge in [0.05, 0.1) is 0 Å². The maximum Gasteiger partial charge on any atom is 0.236 e. The van der Waals surface area contributed by atoms with Gasteiger partial charge in [0, 0.05) is 33.9 Å². The predicted molar refractivity (Wildman–Crippen MR) is 69.7 cm³/mol. The zero-order valence-corrected chi connectivity index (χ0v) is 10.8. The van der Waals surface area contributed by atoms with Crippen molar-refractivity contribution in [1.29, 1.82) is 0 Å². The maximum atomic E-state index is 11.5. The second-order valence-corrected chi connectivity index (χ2v) is 5.44. The number of carbonyl (C=O) groups excluding carboxylic acids is 1. The van der Waals surface area contributed by atoms with Crippen LogP contribution in [-0.2, 0) is 15.6 Å². The molecule has 1 aromatic carbocycles. The fourth-order valence-electron chi connectivity index (χ4n) is 1.21. The minimum Gasteiger partial charge on any atom is -0.396 e. The van der Waals surface area contributed by atoms with Crippen molar-refractivity contribution in [1.82, 2.24) is 0 Å². The zero-order valence-electron chi connectivity index (χ0n) is 9.19. The molecular weight excluding hydrogens is 262 g/mol. The van der Waals surface area contributed by atoms with Crippen LogP contribution >= 0.6 is 11.6 Å². The highest BCUT2D eigenvalue weighted by molar-refractivity contribution is 7.85. The summed E-state index contributed by atoms with van der Waals surface area (Å²) in [6.45, 7) is -0.0122. The highest BCUT2D eigenvalue weighted by Crippen LogP contribution is 2.14. The molecule has 4 nitrogen and oxygen atoms in total. The molecule has 0 aliphatic carbocycles. The molecule has 0 heterocycles. The van der Waals surface area contributed by atoms with Crippen LogP contribution in [0.3, 0.4) is 0 Å². The fourth-order valence-corrected chi connectivity index (χ4v) is 2.36. The lowest BCUT2D eigenvalue weighted by molar-refractivity contribution is -0.113. The van der Waals surface area contributed by atoms with Crippen LogP contribution < -0.4 is 5.32 Å². The van der Waals surface area contributed by atoms with Gasteiger partial charge in [0.2, 0.25) is 5.91 Å². The van der Waals surface area contributed by atoms with Crippen LogP contribution in [0.1, 0.15) is 6.42 Å². The minimum atomic E-state index is -1.23. The van der Waals surface area contributed by atoms with Gasteiger partial charge in [0.1, 0.15) is 5.75 Å². The molecule has 2 N–H and O–H groups in total. The summed E-state index contributed by atoms with van der Waals surface area (Å²) in [5, 5.41) is 11.7. The Morgan fingerprint density at radius 2 is 2.24 bits per heavy atom. The van der Waals surface area contributed by atoms with Crippen molar-refractivity contribution in [3.63, 3.8) is 0 Å². The number of aliphatic hydroxyl groups is 1. The third kappa shape index (κ3) is 5.81. The van der Waals surface area contributed by atoms with Gasteiger partial charge in [0.15, 0.2) is 0 Å². The van der Waals surface area contributed by atoms with Crippen molar-refractivity contribution in [2.24, 2.45) is 0 Å². The molecule has 1 unspecified atom stereocenters. The van der Waals surface area contributed by atoms with E-state index in [9.17, 15) is 9.00 Å². The van der Waals surface area contributed by atoms with Gasteiger partial charge in [0.25, 0.3) is 0 Å². The van der Waals surface area contributed by atoms with E-state index in [0.717, 1.165) is 0 Å². The molecule has 17 heavy (non-hydrogen) atoms. The maximum absolute atomic E-state index is 11.5. The van der Waals surface area contributed by atoms with Gasteiger partial charge in [-0.2, -0.15) is 0 Å². The number of anilines is 1. The van der Waals surface area contributed by atoms with Crippen LogP contribution in [-0.4, -0.2) is 33.3 Å². The van der Waals surface area contributed by atoms with Crippen LogP contribution in [0.2, 0.25) is 5.02 Å². The Kier molecular flexibility index (Phi) is 6.18. The van der Waals surface area contributed by atoms with Crippen molar-refractivity contribution < 1.29 is 14.1 Å². The second kappa shape index (κ2) is 7.42. The molecule has 0 aromatic heterocycles. The summed E-state index contributed by atoms with van der Waals surface area (Å²) in [5.74, 6) is -0.0463. The number of hydrogen-bond donors (Lipinski definition) is 2. The van der Waals surface area contributed by atoms with E-state index in [1.54, 1.807) is 24.3 Å². The Labute approximate surface area is 107 Å². The predicted octanol–water partition coefficient (Wildman–Crippen LogP) is 1.41. The number of rotatable bonds is 6. The van der Waals surface area contributed by atoms with Crippen LogP contribution in [0.25, 0.3) is 0 Å². The van der Waals surface area contributed by atoms with Gasteiger partial charge in [-0.25, -0.2) is 0 Å². The first kappa shape index (κ1) is 14.2. The third-order valence-corrected chi connectivity index (χ3v) is 3.49. The molecule has 0 aliphatic rings. The molecule has 0 aliphatic heterocycles. The first-order valence-electron chi connectivity index (χ1n) is 5.13. The lowest BCUT2D eigenvalue weighted by Gasteiger charge is -2.05. The fraction of sp³-hybridized carbons (Fsp3) is 0.364. The molecule has 1 amide bonds. The highest BCUT2D eigenvalue weighted by Gasteiger charge is 2.08. The molecule has 0 bridgehead atoms. The number of aliphatic hydroxyl groups excluding tert-OH is 1. The summed E-state index contributed by atoms with van der Waals surface area (Å²) >= 11 is 5.76.